The third-order valence-corrected chi connectivity index (χ3v) is 6.54. The largest absolute Gasteiger partial charge is 0.493 e. The zero-order valence-corrected chi connectivity index (χ0v) is 22.0. The molecule has 0 bridgehead atoms. The fraction of sp³-hybridized carbons (Fsp3) is 0.429. The van der Waals surface area contributed by atoms with Crippen molar-refractivity contribution < 1.29 is 33.5 Å². The maximum absolute atomic E-state index is 13.8. The molecule has 2 aliphatic rings. The molecular formula is C28H33N3O7. The second kappa shape index (κ2) is 11.5. The highest BCUT2D eigenvalue weighted by atomic mass is 16.7. The number of hydroxylamine groups is 1. The van der Waals surface area contributed by atoms with E-state index in [4.69, 9.17) is 14.3 Å². The van der Waals surface area contributed by atoms with E-state index in [1.807, 2.05) is 13.0 Å². The summed E-state index contributed by atoms with van der Waals surface area (Å²) in [6.07, 6.45) is 1.52. The smallest absolute Gasteiger partial charge is 0.334 e. The number of rotatable bonds is 10. The molecule has 4 rings (SSSR count). The highest BCUT2D eigenvalue weighted by Gasteiger charge is 2.38. The number of methoxy groups -OCH3 is 1. The lowest BCUT2D eigenvalue weighted by atomic mass is 10.0. The van der Waals surface area contributed by atoms with Crippen LogP contribution in [0.4, 0.5) is 5.69 Å². The topological polar surface area (TPSA) is 123 Å². The molecule has 1 saturated carbocycles. The monoisotopic (exact) mass is 523 g/mol. The van der Waals surface area contributed by atoms with Crippen LogP contribution in [0.5, 0.6) is 11.5 Å². The summed E-state index contributed by atoms with van der Waals surface area (Å²) in [6.45, 7) is 5.79. The molecule has 0 spiro atoms. The first-order valence-corrected chi connectivity index (χ1v) is 12.8. The van der Waals surface area contributed by atoms with Gasteiger partial charge in [-0.1, -0.05) is 32.0 Å². The van der Waals surface area contributed by atoms with Gasteiger partial charge >= 0.3 is 5.97 Å². The molecule has 2 aromatic carbocycles. The Morgan fingerprint density at radius 3 is 2.53 bits per heavy atom. The van der Waals surface area contributed by atoms with E-state index < -0.39 is 23.8 Å². The Balaban J connectivity index is 1.64. The fourth-order valence-corrected chi connectivity index (χ4v) is 4.34. The molecule has 0 radical (unpaired) electrons. The third-order valence-electron chi connectivity index (χ3n) is 6.54. The van der Waals surface area contributed by atoms with E-state index in [1.165, 1.54) is 7.11 Å². The first-order valence-electron chi connectivity index (χ1n) is 12.8. The van der Waals surface area contributed by atoms with Gasteiger partial charge in [-0.05, 0) is 49.1 Å². The molecule has 3 amide bonds. The van der Waals surface area contributed by atoms with Gasteiger partial charge in [-0.2, -0.15) is 5.48 Å². The standard InChI is InChI=1S/C28H33N3O7/c1-5-37-23-13-18(11-12-22(23)36-4)21(14-24(32)30-38-28(35)16(2)3)31-15-19-7-6-8-20(25(19)27(31)34)29-26(33)17-9-10-17/h6-8,11-13,16-17,21H,5,9-10,14-15H2,1-4H3,(H,29,33)(H,30,32)/t21-/m0/s1. The van der Waals surface area contributed by atoms with Gasteiger partial charge in [0.2, 0.25) is 5.91 Å². The van der Waals surface area contributed by atoms with E-state index in [-0.39, 0.29) is 30.7 Å². The first-order chi connectivity index (χ1) is 18.2. The number of nitrogens with zero attached hydrogens (tertiary/aromatic N) is 1. The highest BCUT2D eigenvalue weighted by molar-refractivity contribution is 6.07. The second-order valence-electron chi connectivity index (χ2n) is 9.70. The van der Waals surface area contributed by atoms with Gasteiger partial charge in [0.05, 0.1) is 43.3 Å². The van der Waals surface area contributed by atoms with Crippen LogP contribution in [0.3, 0.4) is 0 Å². The maximum atomic E-state index is 13.8. The van der Waals surface area contributed by atoms with Crippen molar-refractivity contribution in [2.24, 2.45) is 11.8 Å². The second-order valence-corrected chi connectivity index (χ2v) is 9.70. The normalized spacial score (nSPS) is 15.1. The Labute approximate surface area is 221 Å². The summed E-state index contributed by atoms with van der Waals surface area (Å²) < 4.78 is 11.1. The van der Waals surface area contributed by atoms with Crippen molar-refractivity contribution in [1.82, 2.24) is 10.4 Å². The van der Waals surface area contributed by atoms with E-state index in [0.29, 0.717) is 34.9 Å². The van der Waals surface area contributed by atoms with Crippen molar-refractivity contribution in [3.05, 3.63) is 53.1 Å². The molecule has 0 saturated heterocycles. The molecule has 2 N–H and O–H groups in total. The summed E-state index contributed by atoms with van der Waals surface area (Å²) in [5, 5.41) is 2.90. The number of anilines is 1. The van der Waals surface area contributed by atoms with Gasteiger partial charge in [-0.15, -0.1) is 0 Å². The lowest BCUT2D eigenvalue weighted by Crippen LogP contribution is -2.35. The third kappa shape index (κ3) is 5.90. The molecule has 1 aliphatic carbocycles. The van der Waals surface area contributed by atoms with E-state index in [1.54, 1.807) is 49.1 Å². The Hall–Kier alpha value is -4.08. The number of benzene rings is 2. The van der Waals surface area contributed by atoms with Crippen molar-refractivity contribution >= 4 is 29.4 Å². The Morgan fingerprint density at radius 1 is 1.11 bits per heavy atom. The predicted octanol–water partition coefficient (Wildman–Crippen LogP) is 3.76. The molecule has 2 aromatic rings. The molecule has 202 valence electrons. The average molecular weight is 524 g/mol. The summed E-state index contributed by atoms with van der Waals surface area (Å²) in [7, 11) is 1.53. The number of amides is 3. The minimum Gasteiger partial charge on any atom is -0.493 e. The molecule has 1 aliphatic heterocycles. The number of hydrogen-bond acceptors (Lipinski definition) is 7. The van der Waals surface area contributed by atoms with E-state index >= 15 is 0 Å². The van der Waals surface area contributed by atoms with Crippen LogP contribution in [0.1, 0.15) is 67.6 Å². The van der Waals surface area contributed by atoms with Crippen LogP contribution in [0, 0.1) is 11.8 Å². The lowest BCUT2D eigenvalue weighted by Gasteiger charge is -2.28. The SMILES string of the molecule is CCOc1cc([C@H](CC(=O)NOC(=O)C(C)C)N2Cc3cccc(NC(=O)C4CC4)c3C2=O)ccc1OC. The number of nitrogens with one attached hydrogen (secondary N) is 2. The van der Waals surface area contributed by atoms with Crippen molar-refractivity contribution in [2.45, 2.75) is 52.6 Å². The van der Waals surface area contributed by atoms with Crippen LogP contribution >= 0.6 is 0 Å². The number of hydrogen-bond donors (Lipinski definition) is 2. The fourth-order valence-electron chi connectivity index (χ4n) is 4.34. The van der Waals surface area contributed by atoms with E-state index in [0.717, 1.165) is 18.4 Å². The molecule has 0 unspecified atom stereocenters. The highest BCUT2D eigenvalue weighted by Crippen LogP contribution is 2.40. The average Bonchev–Trinajstić information content (AvgIpc) is 3.70. The van der Waals surface area contributed by atoms with Gasteiger partial charge in [0.15, 0.2) is 11.5 Å². The summed E-state index contributed by atoms with van der Waals surface area (Å²) in [4.78, 5) is 57.4. The molecule has 1 heterocycles. The van der Waals surface area contributed by atoms with Crippen LogP contribution < -0.4 is 20.3 Å². The number of carbonyl (C=O) groups is 4. The quantitative estimate of drug-likeness (QED) is 0.455. The molecule has 1 fully saturated rings. The molecule has 0 aromatic heterocycles. The van der Waals surface area contributed by atoms with E-state index in [9.17, 15) is 19.2 Å². The minimum absolute atomic E-state index is 0.0141. The summed E-state index contributed by atoms with van der Waals surface area (Å²) in [6, 6.07) is 9.86. The first kappa shape index (κ1) is 27.0. The van der Waals surface area contributed by atoms with Crippen LogP contribution in [0.15, 0.2) is 36.4 Å². The summed E-state index contributed by atoms with van der Waals surface area (Å²) >= 11 is 0. The minimum atomic E-state index is -0.718. The van der Waals surface area contributed by atoms with E-state index in [2.05, 4.69) is 10.8 Å². The zero-order chi connectivity index (χ0) is 27.4. The van der Waals surface area contributed by atoms with Crippen molar-refractivity contribution in [2.75, 3.05) is 19.0 Å². The van der Waals surface area contributed by atoms with Crippen molar-refractivity contribution in [3.63, 3.8) is 0 Å². The van der Waals surface area contributed by atoms with Gasteiger partial charge in [0.25, 0.3) is 11.8 Å². The number of ether oxygens (including phenoxy) is 2. The lowest BCUT2D eigenvalue weighted by molar-refractivity contribution is -0.161. The molecule has 38 heavy (non-hydrogen) atoms. The van der Waals surface area contributed by atoms with Crippen molar-refractivity contribution in [3.8, 4) is 11.5 Å². The predicted molar refractivity (Wildman–Crippen MR) is 138 cm³/mol. The Morgan fingerprint density at radius 2 is 1.87 bits per heavy atom. The summed E-state index contributed by atoms with van der Waals surface area (Å²) in [5.74, 6) is -0.972. The maximum Gasteiger partial charge on any atom is 0.334 e. The van der Waals surface area contributed by atoms with Crippen LogP contribution in [-0.2, 0) is 25.8 Å². The molecule has 10 nitrogen and oxygen atoms in total. The molecule has 1 atom stereocenters. The van der Waals surface area contributed by atoms with Crippen molar-refractivity contribution in [1.29, 1.82) is 0 Å². The van der Waals surface area contributed by atoms with Crippen LogP contribution in [-0.4, -0.2) is 42.3 Å². The summed E-state index contributed by atoms with van der Waals surface area (Å²) in [5.41, 5.74) is 4.47. The van der Waals surface area contributed by atoms with Crippen LogP contribution in [0.25, 0.3) is 0 Å². The van der Waals surface area contributed by atoms with Gasteiger partial charge in [0, 0.05) is 12.5 Å². The number of carbonyl (C=O) groups excluding carboxylic acids is 4. The van der Waals surface area contributed by atoms with Gasteiger partial charge in [-0.25, -0.2) is 4.79 Å². The van der Waals surface area contributed by atoms with Gasteiger partial charge < -0.3 is 24.5 Å². The van der Waals surface area contributed by atoms with Gasteiger partial charge in [-0.3, -0.25) is 14.4 Å². The molecule has 10 heteroatoms. The Kier molecular flexibility index (Phi) is 8.19. The Bertz CT molecular complexity index is 1240. The van der Waals surface area contributed by atoms with Gasteiger partial charge in [0.1, 0.15) is 0 Å². The van der Waals surface area contributed by atoms with Crippen LogP contribution in [0.2, 0.25) is 0 Å². The number of fused-ring (bicyclic) bond motifs is 1. The zero-order valence-electron chi connectivity index (χ0n) is 22.0. The molecular weight excluding hydrogens is 490 g/mol.